The molecule has 0 aliphatic carbocycles. The molecule has 0 saturated carbocycles. The van der Waals surface area contributed by atoms with E-state index in [1.54, 1.807) is 51.3 Å². The molecule has 2 aromatic carbocycles. The van der Waals surface area contributed by atoms with E-state index < -0.39 is 10.0 Å². The van der Waals surface area contributed by atoms with Crippen LogP contribution in [0, 0.1) is 6.92 Å². The summed E-state index contributed by atoms with van der Waals surface area (Å²) < 4.78 is 31.9. The number of ether oxygens (including phenoxy) is 1. The van der Waals surface area contributed by atoms with Crippen molar-refractivity contribution in [2.75, 3.05) is 12.4 Å². The zero-order valence-corrected chi connectivity index (χ0v) is 15.5. The molecule has 1 amide bonds. The highest BCUT2D eigenvalue weighted by Gasteiger charge is 2.15. The number of hydrogen-bond acceptors (Lipinski definition) is 4. The van der Waals surface area contributed by atoms with Gasteiger partial charge in [0.1, 0.15) is 5.75 Å². The van der Waals surface area contributed by atoms with Crippen molar-refractivity contribution in [3.8, 4) is 5.75 Å². The largest absolute Gasteiger partial charge is 0.496 e. The lowest BCUT2D eigenvalue weighted by atomic mass is 10.1. The minimum Gasteiger partial charge on any atom is -0.496 e. The van der Waals surface area contributed by atoms with Gasteiger partial charge in [-0.15, -0.1) is 0 Å². The minimum absolute atomic E-state index is 0.149. The molecule has 6 nitrogen and oxygen atoms in total. The molecule has 0 aliphatic heterocycles. The summed E-state index contributed by atoms with van der Waals surface area (Å²) in [5.74, 6) is 0.336. The summed E-state index contributed by atoms with van der Waals surface area (Å²) in [4.78, 5) is 12.5. The van der Waals surface area contributed by atoms with Crippen LogP contribution in [-0.4, -0.2) is 27.5 Å². The van der Waals surface area contributed by atoms with Crippen molar-refractivity contribution < 1.29 is 17.9 Å². The molecule has 0 radical (unpaired) electrons. The predicted molar refractivity (Wildman–Crippen MR) is 97.6 cm³/mol. The van der Waals surface area contributed by atoms with Crippen LogP contribution in [-0.2, 0) is 10.0 Å². The van der Waals surface area contributed by atoms with Crippen molar-refractivity contribution in [1.82, 2.24) is 4.72 Å². The maximum absolute atomic E-state index is 12.3. The molecular formula is C18H22N2O4S. The molecule has 0 bridgehead atoms. The molecule has 2 rings (SSSR count). The van der Waals surface area contributed by atoms with Crippen LogP contribution in [0.25, 0.3) is 0 Å². The first-order valence-corrected chi connectivity index (χ1v) is 9.29. The number of methoxy groups -OCH3 is 1. The van der Waals surface area contributed by atoms with E-state index in [0.29, 0.717) is 17.0 Å². The summed E-state index contributed by atoms with van der Waals surface area (Å²) in [6.07, 6.45) is 0. The van der Waals surface area contributed by atoms with Gasteiger partial charge in [-0.3, -0.25) is 4.79 Å². The number of hydrogen-bond donors (Lipinski definition) is 2. The number of aryl methyl sites for hydroxylation is 1. The number of carbonyl (C=O) groups is 1. The highest BCUT2D eigenvalue weighted by Crippen LogP contribution is 2.20. The van der Waals surface area contributed by atoms with E-state index in [0.717, 1.165) is 5.56 Å². The Morgan fingerprint density at radius 2 is 1.72 bits per heavy atom. The molecule has 0 saturated heterocycles. The normalized spacial score (nSPS) is 11.4. The van der Waals surface area contributed by atoms with E-state index in [1.807, 2.05) is 6.92 Å². The van der Waals surface area contributed by atoms with Gasteiger partial charge < -0.3 is 10.1 Å². The SMILES string of the molecule is COc1cc(C(=O)Nc2ccc(S(=O)(=O)NC(C)C)cc2)ccc1C. The molecule has 0 spiro atoms. The number of anilines is 1. The van der Waals surface area contributed by atoms with Gasteiger partial charge >= 0.3 is 0 Å². The summed E-state index contributed by atoms with van der Waals surface area (Å²) in [5, 5.41) is 2.74. The Kier molecular flexibility index (Phi) is 5.81. The molecular weight excluding hydrogens is 340 g/mol. The second-order valence-corrected chi connectivity index (χ2v) is 7.65. The fourth-order valence-electron chi connectivity index (χ4n) is 2.26. The molecule has 0 aliphatic rings. The molecule has 0 fully saturated rings. The highest BCUT2D eigenvalue weighted by atomic mass is 32.2. The summed E-state index contributed by atoms with van der Waals surface area (Å²) in [6.45, 7) is 5.40. The Balaban J connectivity index is 2.15. The average Bonchev–Trinajstić information content (AvgIpc) is 2.54. The zero-order chi connectivity index (χ0) is 18.6. The van der Waals surface area contributed by atoms with Gasteiger partial charge in [-0.1, -0.05) is 6.07 Å². The van der Waals surface area contributed by atoms with Crippen molar-refractivity contribution >= 4 is 21.6 Å². The molecule has 0 unspecified atom stereocenters. The molecule has 7 heteroatoms. The van der Waals surface area contributed by atoms with Gasteiger partial charge in [-0.2, -0.15) is 0 Å². The van der Waals surface area contributed by atoms with E-state index in [-0.39, 0.29) is 16.8 Å². The number of amides is 1. The van der Waals surface area contributed by atoms with Crippen molar-refractivity contribution in [3.63, 3.8) is 0 Å². The first kappa shape index (κ1) is 19.0. The fraction of sp³-hybridized carbons (Fsp3) is 0.278. The number of rotatable bonds is 6. The van der Waals surface area contributed by atoms with Crippen LogP contribution in [0.15, 0.2) is 47.4 Å². The Morgan fingerprint density at radius 3 is 2.28 bits per heavy atom. The quantitative estimate of drug-likeness (QED) is 0.827. The first-order valence-electron chi connectivity index (χ1n) is 7.81. The van der Waals surface area contributed by atoms with Crippen LogP contribution >= 0.6 is 0 Å². The smallest absolute Gasteiger partial charge is 0.255 e. The summed E-state index contributed by atoms with van der Waals surface area (Å²) >= 11 is 0. The number of benzene rings is 2. The second kappa shape index (κ2) is 7.67. The summed E-state index contributed by atoms with van der Waals surface area (Å²) in [6, 6.07) is 11.0. The van der Waals surface area contributed by atoms with E-state index in [2.05, 4.69) is 10.0 Å². The predicted octanol–water partition coefficient (Wildman–Crippen LogP) is 2.94. The molecule has 0 aromatic heterocycles. The van der Waals surface area contributed by atoms with Gasteiger partial charge in [0.05, 0.1) is 12.0 Å². The number of carbonyl (C=O) groups excluding carboxylic acids is 1. The topological polar surface area (TPSA) is 84.5 Å². The van der Waals surface area contributed by atoms with Crippen LogP contribution in [0.3, 0.4) is 0 Å². The van der Waals surface area contributed by atoms with E-state index in [1.165, 1.54) is 12.1 Å². The van der Waals surface area contributed by atoms with Crippen molar-refractivity contribution in [1.29, 1.82) is 0 Å². The molecule has 0 heterocycles. The lowest BCUT2D eigenvalue weighted by molar-refractivity contribution is 0.102. The number of sulfonamides is 1. The van der Waals surface area contributed by atoms with Gasteiger partial charge in [0.15, 0.2) is 0 Å². The van der Waals surface area contributed by atoms with Gasteiger partial charge in [-0.05, 0) is 62.7 Å². The Morgan fingerprint density at radius 1 is 1.08 bits per heavy atom. The van der Waals surface area contributed by atoms with Gasteiger partial charge in [-0.25, -0.2) is 13.1 Å². The highest BCUT2D eigenvalue weighted by molar-refractivity contribution is 7.89. The third-order valence-corrected chi connectivity index (χ3v) is 5.16. The Bertz CT molecular complexity index is 859. The average molecular weight is 362 g/mol. The molecule has 2 aromatic rings. The zero-order valence-electron chi connectivity index (χ0n) is 14.7. The van der Waals surface area contributed by atoms with Crippen molar-refractivity contribution in [2.45, 2.75) is 31.7 Å². The first-order chi connectivity index (χ1) is 11.7. The van der Waals surface area contributed by atoms with Gasteiger partial charge in [0.25, 0.3) is 5.91 Å². The van der Waals surface area contributed by atoms with Crippen molar-refractivity contribution in [2.24, 2.45) is 0 Å². The lowest BCUT2D eigenvalue weighted by Crippen LogP contribution is -2.30. The van der Waals surface area contributed by atoms with E-state index >= 15 is 0 Å². The third-order valence-electron chi connectivity index (χ3n) is 3.48. The summed E-state index contributed by atoms with van der Waals surface area (Å²) in [5.41, 5.74) is 1.90. The van der Waals surface area contributed by atoms with E-state index in [9.17, 15) is 13.2 Å². The molecule has 25 heavy (non-hydrogen) atoms. The van der Waals surface area contributed by atoms with Crippen LogP contribution in [0.2, 0.25) is 0 Å². The monoisotopic (exact) mass is 362 g/mol. The standard InChI is InChI=1S/C18H22N2O4S/c1-12(2)20-25(22,23)16-9-7-15(8-10-16)19-18(21)14-6-5-13(3)17(11-14)24-4/h5-12,20H,1-4H3,(H,19,21). The van der Waals surface area contributed by atoms with Crippen molar-refractivity contribution in [3.05, 3.63) is 53.6 Å². The van der Waals surface area contributed by atoms with Crippen LogP contribution in [0.5, 0.6) is 5.75 Å². The second-order valence-electron chi connectivity index (χ2n) is 5.94. The fourth-order valence-corrected chi connectivity index (χ4v) is 3.51. The van der Waals surface area contributed by atoms with Gasteiger partial charge in [0.2, 0.25) is 10.0 Å². The maximum Gasteiger partial charge on any atom is 0.255 e. The molecule has 0 atom stereocenters. The van der Waals surface area contributed by atoms with Crippen LogP contribution < -0.4 is 14.8 Å². The van der Waals surface area contributed by atoms with Crippen LogP contribution in [0.1, 0.15) is 29.8 Å². The Labute approximate surface area is 148 Å². The van der Waals surface area contributed by atoms with E-state index in [4.69, 9.17) is 4.74 Å². The molecule has 2 N–H and O–H groups in total. The van der Waals surface area contributed by atoms with Crippen LogP contribution in [0.4, 0.5) is 5.69 Å². The lowest BCUT2D eigenvalue weighted by Gasteiger charge is -2.11. The maximum atomic E-state index is 12.3. The molecule has 134 valence electrons. The minimum atomic E-state index is -3.55. The van der Waals surface area contributed by atoms with Gasteiger partial charge in [0, 0.05) is 17.3 Å². The summed E-state index contributed by atoms with van der Waals surface area (Å²) in [7, 11) is -2.00. The third kappa shape index (κ3) is 4.80. The number of nitrogens with one attached hydrogen (secondary N) is 2. The Hall–Kier alpha value is -2.38.